The van der Waals surface area contributed by atoms with Crippen molar-refractivity contribution >= 4 is 27.8 Å². The Kier molecular flexibility index (Phi) is 6.30. The molecule has 1 fully saturated rings. The van der Waals surface area contributed by atoms with Crippen LogP contribution < -0.4 is 5.14 Å². The lowest BCUT2D eigenvalue weighted by atomic mass is 9.88. The van der Waals surface area contributed by atoms with Crippen molar-refractivity contribution in [3.05, 3.63) is 46.4 Å². The SMILES string of the molecule is CC(=CC(C)(C)[S+](N)[O-])c1cc(F)cc2c(C#N)c(C)c(C3CCOCC3)nc12. The molecule has 2 heterocycles. The van der Waals surface area contributed by atoms with Crippen molar-refractivity contribution in [2.45, 2.75) is 51.2 Å². The van der Waals surface area contributed by atoms with E-state index in [9.17, 15) is 14.2 Å². The average Bonchev–Trinajstić information content (AvgIpc) is 2.67. The maximum atomic E-state index is 14.5. The van der Waals surface area contributed by atoms with E-state index >= 15 is 0 Å². The Hall–Kier alpha value is -1.98. The van der Waals surface area contributed by atoms with E-state index in [1.165, 1.54) is 12.1 Å². The molecule has 1 aliphatic rings. The quantitative estimate of drug-likeness (QED) is 0.753. The molecule has 2 N–H and O–H groups in total. The van der Waals surface area contributed by atoms with E-state index in [1.807, 2.05) is 13.8 Å². The van der Waals surface area contributed by atoms with Gasteiger partial charge in [-0.25, -0.2) is 4.39 Å². The van der Waals surface area contributed by atoms with Crippen LogP contribution in [0, 0.1) is 24.1 Å². The highest BCUT2D eigenvalue weighted by Crippen LogP contribution is 2.36. The van der Waals surface area contributed by atoms with E-state index in [-0.39, 0.29) is 5.92 Å². The Morgan fingerprint density at radius 2 is 2.07 bits per heavy atom. The van der Waals surface area contributed by atoms with Gasteiger partial charge >= 0.3 is 0 Å². The summed E-state index contributed by atoms with van der Waals surface area (Å²) in [5.41, 5.74) is 4.02. The van der Waals surface area contributed by atoms with E-state index in [4.69, 9.17) is 14.9 Å². The Labute approximate surface area is 174 Å². The van der Waals surface area contributed by atoms with Gasteiger partial charge in [-0.05, 0) is 69.9 Å². The molecule has 1 unspecified atom stereocenters. The number of hydrogen-bond donors (Lipinski definition) is 1. The molecule has 2 aromatic rings. The number of halogens is 1. The molecule has 1 aromatic heterocycles. The fourth-order valence-electron chi connectivity index (χ4n) is 3.92. The summed E-state index contributed by atoms with van der Waals surface area (Å²) in [4.78, 5) is 4.92. The topological polar surface area (TPSA) is 95.0 Å². The zero-order valence-corrected chi connectivity index (χ0v) is 18.0. The van der Waals surface area contributed by atoms with Crippen LogP contribution in [0.3, 0.4) is 0 Å². The third-order valence-electron chi connectivity index (χ3n) is 5.56. The molecule has 7 heteroatoms. The fraction of sp³-hybridized carbons (Fsp3) is 0.455. The molecule has 29 heavy (non-hydrogen) atoms. The van der Waals surface area contributed by atoms with Crippen molar-refractivity contribution in [2.24, 2.45) is 5.14 Å². The Morgan fingerprint density at radius 1 is 1.41 bits per heavy atom. The van der Waals surface area contributed by atoms with Crippen molar-refractivity contribution in [2.75, 3.05) is 13.2 Å². The van der Waals surface area contributed by atoms with Crippen molar-refractivity contribution in [3.8, 4) is 6.07 Å². The van der Waals surface area contributed by atoms with Crippen LogP contribution in [-0.2, 0) is 16.1 Å². The highest BCUT2D eigenvalue weighted by Gasteiger charge is 2.28. The van der Waals surface area contributed by atoms with Gasteiger partial charge in [0.2, 0.25) is 0 Å². The van der Waals surface area contributed by atoms with Gasteiger partial charge in [0.05, 0.1) is 11.1 Å². The van der Waals surface area contributed by atoms with Crippen LogP contribution in [0.5, 0.6) is 0 Å². The number of pyridine rings is 1. The van der Waals surface area contributed by atoms with E-state index < -0.39 is 21.9 Å². The van der Waals surface area contributed by atoms with Crippen LogP contribution in [0.4, 0.5) is 4.39 Å². The summed E-state index contributed by atoms with van der Waals surface area (Å²) >= 11 is -1.58. The molecule has 1 atom stereocenters. The first-order valence-corrected chi connectivity index (χ1v) is 10.8. The lowest BCUT2D eigenvalue weighted by molar-refractivity contribution is 0.0844. The van der Waals surface area contributed by atoms with Gasteiger partial charge in [0, 0.05) is 47.1 Å². The first-order valence-electron chi connectivity index (χ1n) is 9.63. The van der Waals surface area contributed by atoms with Crippen LogP contribution >= 0.6 is 0 Å². The standard InChI is InChI=1S/C22H26FN3O2S/c1-13(11-22(3,4)29(25)27)17-9-16(23)10-18-19(12-24)14(2)20(26-21(17)18)15-5-7-28-8-6-15/h9-11,15H,5-8,25H2,1-4H3. The van der Waals surface area contributed by atoms with Gasteiger partial charge in [0.15, 0.2) is 4.75 Å². The van der Waals surface area contributed by atoms with Gasteiger partial charge in [-0.15, -0.1) is 0 Å². The lowest BCUT2D eigenvalue weighted by Gasteiger charge is -2.25. The fourth-order valence-corrected chi connectivity index (χ4v) is 4.21. The van der Waals surface area contributed by atoms with Crippen molar-refractivity contribution in [3.63, 3.8) is 0 Å². The number of nitrogens with two attached hydrogens (primary N) is 1. The van der Waals surface area contributed by atoms with Crippen LogP contribution in [0.25, 0.3) is 16.5 Å². The van der Waals surface area contributed by atoms with Crippen molar-refractivity contribution in [1.82, 2.24) is 4.98 Å². The number of ether oxygens (including phenoxy) is 1. The summed E-state index contributed by atoms with van der Waals surface area (Å²) in [6.07, 6.45) is 3.46. The zero-order chi connectivity index (χ0) is 21.3. The smallest absolute Gasteiger partial charge is 0.157 e. The third-order valence-corrected chi connectivity index (χ3v) is 6.72. The second-order valence-corrected chi connectivity index (χ2v) is 9.72. The molecule has 0 bridgehead atoms. The minimum atomic E-state index is -1.58. The number of rotatable bonds is 4. The molecule has 1 aliphatic heterocycles. The lowest BCUT2D eigenvalue weighted by Crippen LogP contribution is -2.36. The van der Waals surface area contributed by atoms with Gasteiger partial charge < -0.3 is 9.29 Å². The van der Waals surface area contributed by atoms with Crippen LogP contribution in [0.1, 0.15) is 61.9 Å². The summed E-state index contributed by atoms with van der Waals surface area (Å²) in [6.45, 7) is 8.56. The van der Waals surface area contributed by atoms with Gasteiger partial charge in [-0.1, -0.05) is 0 Å². The van der Waals surface area contributed by atoms with Gasteiger partial charge in [0.1, 0.15) is 11.9 Å². The molecule has 0 amide bonds. The summed E-state index contributed by atoms with van der Waals surface area (Å²) in [5, 5.41) is 15.9. The number of nitriles is 1. The molecule has 0 spiro atoms. The Balaban J connectivity index is 2.28. The molecule has 0 radical (unpaired) electrons. The molecule has 3 rings (SSSR count). The summed E-state index contributed by atoms with van der Waals surface area (Å²) < 4.78 is 31.0. The number of fused-ring (bicyclic) bond motifs is 1. The summed E-state index contributed by atoms with van der Waals surface area (Å²) in [6, 6.07) is 5.03. The first kappa shape index (κ1) is 21.7. The molecule has 5 nitrogen and oxygen atoms in total. The Bertz CT molecular complexity index is 1010. The molecule has 0 saturated carbocycles. The predicted octanol–water partition coefficient (Wildman–Crippen LogP) is 4.25. The third kappa shape index (κ3) is 4.31. The van der Waals surface area contributed by atoms with Crippen LogP contribution in [0.2, 0.25) is 0 Å². The number of benzene rings is 1. The normalized spacial score (nSPS) is 17.4. The monoisotopic (exact) mass is 415 g/mol. The first-order chi connectivity index (χ1) is 13.7. The highest BCUT2D eigenvalue weighted by molar-refractivity contribution is 7.90. The summed E-state index contributed by atoms with van der Waals surface area (Å²) in [5.74, 6) is -0.237. The van der Waals surface area contributed by atoms with E-state index in [1.54, 1.807) is 19.9 Å². The zero-order valence-electron chi connectivity index (χ0n) is 17.2. The maximum Gasteiger partial charge on any atom is 0.157 e. The largest absolute Gasteiger partial charge is 0.598 e. The predicted molar refractivity (Wildman–Crippen MR) is 114 cm³/mol. The minimum absolute atomic E-state index is 0.204. The van der Waals surface area contributed by atoms with E-state index in [0.717, 1.165) is 29.7 Å². The van der Waals surface area contributed by atoms with Crippen LogP contribution in [-0.4, -0.2) is 27.5 Å². The Morgan fingerprint density at radius 3 is 2.66 bits per heavy atom. The molecule has 0 aliphatic carbocycles. The number of hydrogen-bond acceptors (Lipinski definition) is 5. The minimum Gasteiger partial charge on any atom is -0.598 e. The van der Waals surface area contributed by atoms with Crippen molar-refractivity contribution in [1.29, 1.82) is 5.26 Å². The molecule has 1 saturated heterocycles. The number of nitrogens with zero attached hydrogens (tertiary/aromatic N) is 2. The second kappa shape index (κ2) is 8.41. The number of allylic oxidation sites excluding steroid dienone is 1. The van der Waals surface area contributed by atoms with Gasteiger partial charge in [-0.3, -0.25) is 4.98 Å². The average molecular weight is 416 g/mol. The van der Waals surface area contributed by atoms with Crippen molar-refractivity contribution < 1.29 is 13.7 Å². The van der Waals surface area contributed by atoms with Gasteiger partial charge in [0.25, 0.3) is 0 Å². The van der Waals surface area contributed by atoms with E-state index in [2.05, 4.69) is 6.07 Å². The number of aromatic nitrogens is 1. The molecular formula is C22H26FN3O2S. The van der Waals surface area contributed by atoms with E-state index in [0.29, 0.717) is 35.2 Å². The maximum absolute atomic E-state index is 14.5. The second-order valence-electron chi connectivity index (χ2n) is 8.07. The van der Waals surface area contributed by atoms with Gasteiger partial charge in [-0.2, -0.15) is 10.4 Å². The highest BCUT2D eigenvalue weighted by atomic mass is 32.2. The summed E-state index contributed by atoms with van der Waals surface area (Å²) in [7, 11) is 0. The molecule has 1 aromatic carbocycles. The molecular weight excluding hydrogens is 389 g/mol. The molecule has 154 valence electrons. The van der Waals surface area contributed by atoms with Crippen LogP contribution in [0.15, 0.2) is 18.2 Å².